The Morgan fingerprint density at radius 2 is 1.05 bits per heavy atom. The quantitative estimate of drug-likeness (QED) is 0.0723. The highest BCUT2D eigenvalue weighted by Crippen LogP contribution is 2.26. The Bertz CT molecular complexity index is 1120. The molecule has 0 spiro atoms. The molecule has 4 nitrogen and oxygen atoms in total. The summed E-state index contributed by atoms with van der Waals surface area (Å²) in [6, 6.07) is 23.3. The SMILES string of the molecule is CCCCCCCCCOC(C)c1ccc(C(=O)Oc2ccc(-c3ccc(OCCCCCCCC)cc3)cc2)cc1. The monoisotopic (exact) mass is 572 g/mol. The van der Waals surface area contributed by atoms with E-state index in [-0.39, 0.29) is 12.1 Å². The number of carbonyl (C=O) groups is 1. The minimum Gasteiger partial charge on any atom is -0.494 e. The second kappa shape index (κ2) is 19.9. The average Bonchev–Trinajstić information content (AvgIpc) is 3.02. The van der Waals surface area contributed by atoms with E-state index in [0.29, 0.717) is 11.3 Å². The number of unbranched alkanes of at least 4 members (excludes halogenated alkanes) is 11. The maximum absolute atomic E-state index is 12.7. The van der Waals surface area contributed by atoms with Gasteiger partial charge in [-0.2, -0.15) is 0 Å². The van der Waals surface area contributed by atoms with Gasteiger partial charge in [0, 0.05) is 6.61 Å². The molecule has 0 amide bonds. The summed E-state index contributed by atoms with van der Waals surface area (Å²) < 4.78 is 17.6. The first kappa shape index (κ1) is 33.4. The molecule has 3 aromatic rings. The summed E-state index contributed by atoms with van der Waals surface area (Å²) in [5, 5.41) is 0. The van der Waals surface area contributed by atoms with Crippen LogP contribution in [0.5, 0.6) is 11.5 Å². The number of ether oxygens (including phenoxy) is 3. The molecule has 0 saturated carbocycles. The average molecular weight is 573 g/mol. The molecule has 3 rings (SSSR count). The van der Waals surface area contributed by atoms with Crippen molar-refractivity contribution in [1.82, 2.24) is 0 Å². The van der Waals surface area contributed by atoms with Crippen molar-refractivity contribution in [2.45, 2.75) is 110 Å². The Kier molecular flexibility index (Phi) is 15.8. The Morgan fingerprint density at radius 3 is 1.60 bits per heavy atom. The highest BCUT2D eigenvalue weighted by molar-refractivity contribution is 5.91. The van der Waals surface area contributed by atoms with Crippen molar-refractivity contribution >= 4 is 5.97 Å². The molecule has 228 valence electrons. The lowest BCUT2D eigenvalue weighted by Crippen LogP contribution is -2.09. The van der Waals surface area contributed by atoms with Crippen molar-refractivity contribution in [2.24, 2.45) is 0 Å². The Balaban J connectivity index is 1.38. The lowest BCUT2D eigenvalue weighted by molar-refractivity contribution is 0.0626. The molecule has 0 fully saturated rings. The molecule has 0 N–H and O–H groups in total. The highest BCUT2D eigenvalue weighted by atomic mass is 16.5. The van der Waals surface area contributed by atoms with Crippen LogP contribution in [0.3, 0.4) is 0 Å². The van der Waals surface area contributed by atoms with Gasteiger partial charge in [-0.1, -0.05) is 121 Å². The Labute approximate surface area is 254 Å². The van der Waals surface area contributed by atoms with Crippen molar-refractivity contribution in [1.29, 1.82) is 0 Å². The summed E-state index contributed by atoms with van der Waals surface area (Å²) in [6.45, 7) is 8.09. The molecule has 4 heteroatoms. The van der Waals surface area contributed by atoms with Crippen LogP contribution in [0, 0.1) is 0 Å². The summed E-state index contributed by atoms with van der Waals surface area (Å²) >= 11 is 0. The van der Waals surface area contributed by atoms with Crippen LogP contribution in [0.15, 0.2) is 72.8 Å². The third kappa shape index (κ3) is 12.4. The van der Waals surface area contributed by atoms with E-state index in [1.54, 1.807) is 0 Å². The lowest BCUT2D eigenvalue weighted by Gasteiger charge is -2.14. The fraction of sp³-hybridized carbons (Fsp3) is 0.500. The van der Waals surface area contributed by atoms with Gasteiger partial charge in [0.2, 0.25) is 0 Å². The van der Waals surface area contributed by atoms with Crippen LogP contribution in [-0.4, -0.2) is 19.2 Å². The Morgan fingerprint density at radius 1 is 0.571 bits per heavy atom. The van der Waals surface area contributed by atoms with Gasteiger partial charge in [-0.15, -0.1) is 0 Å². The number of rotatable bonds is 21. The predicted octanol–water partition coefficient (Wildman–Crippen LogP) is 11.1. The molecule has 0 heterocycles. The Hall–Kier alpha value is -3.11. The highest BCUT2D eigenvalue weighted by Gasteiger charge is 2.11. The van der Waals surface area contributed by atoms with Gasteiger partial charge in [0.15, 0.2) is 0 Å². The van der Waals surface area contributed by atoms with Gasteiger partial charge in [0.05, 0.1) is 18.3 Å². The van der Waals surface area contributed by atoms with Gasteiger partial charge in [0.1, 0.15) is 11.5 Å². The van der Waals surface area contributed by atoms with Crippen LogP contribution in [0.2, 0.25) is 0 Å². The maximum Gasteiger partial charge on any atom is 0.343 e. The molecule has 0 radical (unpaired) electrons. The van der Waals surface area contributed by atoms with E-state index in [2.05, 4.69) is 32.9 Å². The first-order chi connectivity index (χ1) is 20.6. The van der Waals surface area contributed by atoms with Crippen molar-refractivity contribution in [3.63, 3.8) is 0 Å². The van der Waals surface area contributed by atoms with Crippen LogP contribution in [-0.2, 0) is 4.74 Å². The number of hydrogen-bond donors (Lipinski definition) is 0. The zero-order valence-corrected chi connectivity index (χ0v) is 26.2. The third-order valence-electron chi connectivity index (χ3n) is 7.75. The second-order valence-electron chi connectivity index (χ2n) is 11.3. The van der Waals surface area contributed by atoms with Gasteiger partial charge in [-0.25, -0.2) is 4.79 Å². The van der Waals surface area contributed by atoms with Crippen molar-refractivity contribution in [2.75, 3.05) is 13.2 Å². The van der Waals surface area contributed by atoms with Crippen molar-refractivity contribution < 1.29 is 19.0 Å². The van der Waals surface area contributed by atoms with Gasteiger partial charge in [-0.3, -0.25) is 0 Å². The number of esters is 1. The van der Waals surface area contributed by atoms with Gasteiger partial charge in [-0.05, 0) is 72.9 Å². The molecule has 0 aliphatic carbocycles. The van der Waals surface area contributed by atoms with E-state index in [9.17, 15) is 4.79 Å². The van der Waals surface area contributed by atoms with E-state index in [1.807, 2.05) is 60.7 Å². The van der Waals surface area contributed by atoms with E-state index in [1.165, 1.54) is 70.6 Å². The third-order valence-corrected chi connectivity index (χ3v) is 7.75. The normalized spacial score (nSPS) is 11.8. The van der Waals surface area contributed by atoms with Crippen LogP contribution in [0.1, 0.15) is 126 Å². The number of benzene rings is 3. The van der Waals surface area contributed by atoms with Crippen LogP contribution < -0.4 is 9.47 Å². The van der Waals surface area contributed by atoms with Crippen LogP contribution in [0.25, 0.3) is 11.1 Å². The summed E-state index contributed by atoms with van der Waals surface area (Å²) in [6.07, 6.45) is 16.5. The number of carbonyl (C=O) groups excluding carboxylic acids is 1. The van der Waals surface area contributed by atoms with Gasteiger partial charge in [0.25, 0.3) is 0 Å². The van der Waals surface area contributed by atoms with Crippen LogP contribution in [0.4, 0.5) is 0 Å². The summed E-state index contributed by atoms with van der Waals surface area (Å²) in [7, 11) is 0. The van der Waals surface area contributed by atoms with Crippen molar-refractivity contribution in [3.8, 4) is 22.6 Å². The van der Waals surface area contributed by atoms with Gasteiger partial charge < -0.3 is 14.2 Å². The van der Waals surface area contributed by atoms with E-state index >= 15 is 0 Å². The fourth-order valence-electron chi connectivity index (χ4n) is 5.00. The minimum atomic E-state index is -0.363. The zero-order chi connectivity index (χ0) is 29.8. The molecular formula is C38H52O4. The standard InChI is InChI=1S/C38H52O4/c1-4-6-8-10-12-14-15-29-40-31(3)32-17-19-35(20-18-32)38(39)42-37-27-23-34(24-28-37)33-21-25-36(26-22-33)41-30-16-13-11-9-7-5-2/h17-28,31H,4-16,29-30H2,1-3H3. The maximum atomic E-state index is 12.7. The largest absolute Gasteiger partial charge is 0.494 e. The van der Waals surface area contributed by atoms with Crippen LogP contribution >= 0.6 is 0 Å². The van der Waals surface area contributed by atoms with E-state index < -0.39 is 0 Å². The molecule has 0 aromatic heterocycles. The van der Waals surface area contributed by atoms with Crippen molar-refractivity contribution in [3.05, 3.63) is 83.9 Å². The molecule has 1 atom stereocenters. The minimum absolute atomic E-state index is 0.00338. The number of hydrogen-bond acceptors (Lipinski definition) is 4. The first-order valence-electron chi connectivity index (χ1n) is 16.4. The van der Waals surface area contributed by atoms with E-state index in [4.69, 9.17) is 14.2 Å². The van der Waals surface area contributed by atoms with E-state index in [0.717, 1.165) is 48.5 Å². The molecule has 0 aliphatic heterocycles. The molecular weight excluding hydrogens is 520 g/mol. The fourth-order valence-corrected chi connectivity index (χ4v) is 5.00. The van der Waals surface area contributed by atoms with Gasteiger partial charge >= 0.3 is 5.97 Å². The predicted molar refractivity (Wildman–Crippen MR) is 175 cm³/mol. The first-order valence-corrected chi connectivity index (χ1v) is 16.4. The smallest absolute Gasteiger partial charge is 0.343 e. The molecule has 0 aliphatic rings. The molecule has 3 aromatic carbocycles. The molecule has 1 unspecified atom stereocenters. The second-order valence-corrected chi connectivity index (χ2v) is 11.3. The zero-order valence-electron chi connectivity index (χ0n) is 26.2. The lowest BCUT2D eigenvalue weighted by atomic mass is 10.1. The summed E-state index contributed by atoms with van der Waals surface area (Å²) in [5.41, 5.74) is 3.75. The molecule has 0 saturated heterocycles. The summed E-state index contributed by atoms with van der Waals surface area (Å²) in [5.74, 6) is 1.06. The summed E-state index contributed by atoms with van der Waals surface area (Å²) in [4.78, 5) is 12.7. The molecule has 42 heavy (non-hydrogen) atoms. The topological polar surface area (TPSA) is 44.8 Å². The molecule has 0 bridgehead atoms.